The average Bonchev–Trinajstić information content (AvgIpc) is 3.49. The third kappa shape index (κ3) is 4.43. The van der Waals surface area contributed by atoms with E-state index in [1.165, 1.54) is 12.3 Å². The molecule has 0 spiro atoms. The molecular formula is C23H17N7O4. The van der Waals surface area contributed by atoms with E-state index in [2.05, 4.69) is 36.1 Å². The molecular weight excluding hydrogens is 438 g/mol. The molecule has 5 aromatic rings. The number of aromatic carboxylic acids is 1. The topological polar surface area (TPSA) is 152 Å². The maximum atomic E-state index is 11.2. The van der Waals surface area contributed by atoms with Crippen LogP contribution in [0.5, 0.6) is 0 Å². The van der Waals surface area contributed by atoms with E-state index in [9.17, 15) is 9.90 Å². The largest absolute Gasteiger partial charge is 0.478 e. The van der Waals surface area contributed by atoms with Gasteiger partial charge >= 0.3 is 5.97 Å². The fourth-order valence-corrected chi connectivity index (χ4v) is 3.20. The van der Waals surface area contributed by atoms with Gasteiger partial charge in [-0.3, -0.25) is 5.43 Å². The number of benzene rings is 2. The van der Waals surface area contributed by atoms with E-state index < -0.39 is 5.97 Å². The molecule has 3 aromatic heterocycles. The number of anilines is 3. The van der Waals surface area contributed by atoms with Gasteiger partial charge in [-0.05, 0) is 59.2 Å². The maximum Gasteiger partial charge on any atom is 0.335 e. The first-order valence-electron chi connectivity index (χ1n) is 10.1. The van der Waals surface area contributed by atoms with Crippen molar-refractivity contribution in [1.82, 2.24) is 20.3 Å². The number of furan rings is 1. The number of rotatable bonds is 7. The van der Waals surface area contributed by atoms with Crippen molar-refractivity contribution in [2.45, 2.75) is 6.92 Å². The zero-order valence-electron chi connectivity index (χ0n) is 17.8. The van der Waals surface area contributed by atoms with Crippen LogP contribution in [-0.2, 0) is 0 Å². The number of fused-ring (bicyclic) bond motifs is 1. The summed E-state index contributed by atoms with van der Waals surface area (Å²) >= 11 is 0. The lowest BCUT2D eigenvalue weighted by molar-refractivity contribution is 0.0697. The highest BCUT2D eigenvalue weighted by Gasteiger charge is 2.13. The molecule has 0 aliphatic carbocycles. The number of nitrogens with zero attached hydrogens (tertiary/aromatic N) is 5. The number of hydrogen-bond donors (Lipinski definition) is 3. The first kappa shape index (κ1) is 20.8. The van der Waals surface area contributed by atoms with Gasteiger partial charge in [0.2, 0.25) is 11.3 Å². The van der Waals surface area contributed by atoms with Crippen LogP contribution in [0, 0.1) is 6.92 Å². The van der Waals surface area contributed by atoms with E-state index in [0.29, 0.717) is 28.7 Å². The molecule has 0 fully saturated rings. The van der Waals surface area contributed by atoms with Crippen LogP contribution in [-0.4, -0.2) is 37.6 Å². The molecule has 0 amide bonds. The monoisotopic (exact) mass is 455 g/mol. The number of carboxylic acid groups (broad SMARTS) is 1. The first-order chi connectivity index (χ1) is 16.5. The molecule has 11 heteroatoms. The zero-order valence-corrected chi connectivity index (χ0v) is 17.8. The van der Waals surface area contributed by atoms with Crippen molar-refractivity contribution in [3.8, 4) is 11.3 Å². The minimum absolute atomic E-state index is 0.177. The molecule has 168 valence electrons. The maximum absolute atomic E-state index is 11.2. The van der Waals surface area contributed by atoms with Gasteiger partial charge in [-0.15, -0.1) is 0 Å². The predicted molar refractivity (Wildman–Crippen MR) is 124 cm³/mol. The van der Waals surface area contributed by atoms with Gasteiger partial charge in [0.1, 0.15) is 11.5 Å². The Hall–Kier alpha value is -5.06. The molecule has 0 bridgehead atoms. The van der Waals surface area contributed by atoms with Crippen molar-refractivity contribution in [3.05, 3.63) is 77.6 Å². The summed E-state index contributed by atoms with van der Waals surface area (Å²) in [5, 5.41) is 24.0. The van der Waals surface area contributed by atoms with Gasteiger partial charge < -0.3 is 14.8 Å². The minimum atomic E-state index is -1.00. The fraction of sp³-hybridized carbons (Fsp3) is 0.0435. The van der Waals surface area contributed by atoms with Gasteiger partial charge in [-0.2, -0.15) is 10.1 Å². The van der Waals surface area contributed by atoms with E-state index in [-0.39, 0.29) is 16.9 Å². The van der Waals surface area contributed by atoms with Crippen molar-refractivity contribution in [2.75, 3.05) is 10.7 Å². The summed E-state index contributed by atoms with van der Waals surface area (Å²) < 4.78 is 10.5. The Morgan fingerprint density at radius 2 is 1.79 bits per heavy atom. The van der Waals surface area contributed by atoms with Gasteiger partial charge in [0, 0.05) is 11.3 Å². The number of aromatic nitrogens is 4. The third-order valence-electron chi connectivity index (χ3n) is 4.78. The summed E-state index contributed by atoms with van der Waals surface area (Å²) in [7, 11) is 0. The quantitative estimate of drug-likeness (QED) is 0.237. The van der Waals surface area contributed by atoms with Crippen molar-refractivity contribution in [1.29, 1.82) is 0 Å². The molecule has 0 saturated carbocycles. The molecule has 3 N–H and O–H groups in total. The second-order valence-electron chi connectivity index (χ2n) is 7.28. The van der Waals surface area contributed by atoms with Crippen molar-refractivity contribution in [2.24, 2.45) is 5.10 Å². The molecule has 0 aliphatic rings. The second kappa shape index (κ2) is 8.82. The van der Waals surface area contributed by atoms with Crippen LogP contribution in [0.15, 0.2) is 74.8 Å². The summed E-state index contributed by atoms with van der Waals surface area (Å²) in [4.78, 5) is 20.0. The van der Waals surface area contributed by atoms with Crippen LogP contribution in [0.25, 0.3) is 22.6 Å². The standard InChI is InChI=1S/C23H17N7O4/c1-13-4-2-7-16(10-13)25-19-20(27-22-21(26-19)29-34-30-22)28-24-12-17-8-9-18(33-17)14-5-3-6-15(11-14)23(31)32/h2-12H,1H3,(H,31,32)(H,25,26,29)(H,27,28,30)/b24-12+. The van der Waals surface area contributed by atoms with Gasteiger partial charge in [0.15, 0.2) is 11.6 Å². The van der Waals surface area contributed by atoms with Crippen LogP contribution >= 0.6 is 0 Å². The first-order valence-corrected chi connectivity index (χ1v) is 10.1. The van der Waals surface area contributed by atoms with Crippen LogP contribution in [0.3, 0.4) is 0 Å². The lowest BCUT2D eigenvalue weighted by Crippen LogP contribution is -2.03. The molecule has 3 heterocycles. The second-order valence-corrected chi connectivity index (χ2v) is 7.28. The highest BCUT2D eigenvalue weighted by Crippen LogP contribution is 2.25. The van der Waals surface area contributed by atoms with Gasteiger partial charge in [0.25, 0.3) is 0 Å². The Morgan fingerprint density at radius 1 is 1.00 bits per heavy atom. The van der Waals surface area contributed by atoms with Crippen LogP contribution < -0.4 is 10.7 Å². The smallest absolute Gasteiger partial charge is 0.335 e. The van der Waals surface area contributed by atoms with E-state index in [4.69, 9.17) is 9.05 Å². The number of aryl methyl sites for hydroxylation is 1. The molecule has 0 radical (unpaired) electrons. The molecule has 0 unspecified atom stereocenters. The summed E-state index contributed by atoms with van der Waals surface area (Å²) in [6, 6.07) is 17.7. The highest BCUT2D eigenvalue weighted by molar-refractivity contribution is 5.89. The Balaban J connectivity index is 1.37. The Morgan fingerprint density at radius 3 is 2.59 bits per heavy atom. The number of nitrogens with one attached hydrogen (secondary N) is 2. The molecule has 0 aliphatic heterocycles. The normalized spacial score (nSPS) is 11.2. The van der Waals surface area contributed by atoms with E-state index >= 15 is 0 Å². The van der Waals surface area contributed by atoms with Crippen LogP contribution in [0.4, 0.5) is 17.3 Å². The average molecular weight is 455 g/mol. The fourth-order valence-electron chi connectivity index (χ4n) is 3.20. The van der Waals surface area contributed by atoms with Gasteiger partial charge in [-0.1, -0.05) is 24.3 Å². The predicted octanol–water partition coefficient (Wildman–Crippen LogP) is 4.47. The minimum Gasteiger partial charge on any atom is -0.478 e. The lowest BCUT2D eigenvalue weighted by Gasteiger charge is -2.09. The van der Waals surface area contributed by atoms with Crippen molar-refractivity contribution in [3.63, 3.8) is 0 Å². The summed E-state index contributed by atoms with van der Waals surface area (Å²) in [5.41, 5.74) is 6.04. The van der Waals surface area contributed by atoms with Crippen molar-refractivity contribution < 1.29 is 18.9 Å². The highest BCUT2D eigenvalue weighted by atomic mass is 16.6. The van der Waals surface area contributed by atoms with Crippen molar-refractivity contribution >= 4 is 40.8 Å². The summed E-state index contributed by atoms with van der Waals surface area (Å²) in [6.07, 6.45) is 1.47. The Kier molecular flexibility index (Phi) is 5.40. The molecule has 0 atom stereocenters. The van der Waals surface area contributed by atoms with E-state index in [1.807, 2.05) is 31.2 Å². The molecule has 34 heavy (non-hydrogen) atoms. The number of hydrogen-bond acceptors (Lipinski definition) is 10. The number of carboxylic acids is 1. The lowest BCUT2D eigenvalue weighted by atomic mass is 10.1. The Bertz CT molecular complexity index is 1520. The molecule has 2 aromatic carbocycles. The van der Waals surface area contributed by atoms with E-state index in [0.717, 1.165) is 11.3 Å². The number of carbonyl (C=O) groups is 1. The van der Waals surface area contributed by atoms with Crippen LogP contribution in [0.1, 0.15) is 21.7 Å². The molecule has 0 saturated heterocycles. The SMILES string of the molecule is Cc1cccc(Nc2nc3nonc3nc2N/N=C/c2ccc(-c3cccc(C(=O)O)c3)o2)c1. The van der Waals surface area contributed by atoms with E-state index in [1.54, 1.807) is 30.3 Å². The molecule has 11 nitrogen and oxygen atoms in total. The Labute approximate surface area is 192 Å². The summed E-state index contributed by atoms with van der Waals surface area (Å²) in [6.45, 7) is 1.99. The molecule has 5 rings (SSSR count). The number of hydrazone groups is 1. The summed E-state index contributed by atoms with van der Waals surface area (Å²) in [5.74, 6) is 0.656. The van der Waals surface area contributed by atoms with Crippen LogP contribution in [0.2, 0.25) is 0 Å². The zero-order chi connectivity index (χ0) is 23.5. The van der Waals surface area contributed by atoms with Gasteiger partial charge in [0.05, 0.1) is 11.8 Å². The van der Waals surface area contributed by atoms with Gasteiger partial charge in [-0.25, -0.2) is 14.4 Å². The third-order valence-corrected chi connectivity index (χ3v) is 4.78.